The molecule has 2 aliphatic heterocycles. The van der Waals surface area contributed by atoms with E-state index in [4.69, 9.17) is 0 Å². The molecule has 338 valence electrons. The molecule has 4 heterocycles. The summed E-state index contributed by atoms with van der Waals surface area (Å²) in [6.07, 6.45) is 0. The van der Waals surface area contributed by atoms with Crippen molar-refractivity contribution in [3.05, 3.63) is 306 Å². The van der Waals surface area contributed by atoms with Gasteiger partial charge in [-0.05, 0) is 106 Å². The van der Waals surface area contributed by atoms with E-state index in [1.807, 2.05) is 23.5 Å². The normalized spacial score (nSPS) is 15.6. The third-order valence-electron chi connectivity index (χ3n) is 15.5. The molecule has 0 spiro atoms. The third kappa shape index (κ3) is 5.76. The monoisotopic (exact) mass is 952 g/mol. The Kier molecular flexibility index (Phi) is 9.29. The van der Waals surface area contributed by atoms with Gasteiger partial charge in [-0.3, -0.25) is 0 Å². The minimum atomic E-state index is -0.641. The summed E-state index contributed by atoms with van der Waals surface area (Å²) in [6, 6.07) is 99.9. The molecule has 4 heteroatoms. The summed E-state index contributed by atoms with van der Waals surface area (Å²) in [4.78, 5) is 5.10. The molecule has 0 saturated carbocycles. The lowest BCUT2D eigenvalue weighted by atomic mass is 9.64. The minimum Gasteiger partial charge on any atom is -0.322 e. The van der Waals surface area contributed by atoms with Crippen LogP contribution in [0.3, 0.4) is 0 Å². The molecule has 0 N–H and O–H groups in total. The van der Waals surface area contributed by atoms with Crippen LogP contribution in [0.2, 0.25) is 0 Å². The fraction of sp³-hybridized carbons (Fsp3) is 0.0294. The molecule has 72 heavy (non-hydrogen) atoms. The molecular formula is C68H44N2S2. The van der Waals surface area contributed by atoms with Crippen LogP contribution in [0, 0.1) is 0 Å². The van der Waals surface area contributed by atoms with Crippen LogP contribution in [0.4, 0.5) is 0 Å². The van der Waals surface area contributed by atoms with Gasteiger partial charge in [0.1, 0.15) is 5.54 Å². The van der Waals surface area contributed by atoms with Crippen molar-refractivity contribution >= 4 is 67.1 Å². The molecule has 11 aromatic carbocycles. The first-order valence-corrected chi connectivity index (χ1v) is 26.4. The maximum absolute atomic E-state index is 2.66. The van der Waals surface area contributed by atoms with Crippen LogP contribution in [0.15, 0.2) is 287 Å². The van der Waals surface area contributed by atoms with Crippen molar-refractivity contribution in [1.82, 2.24) is 9.13 Å². The van der Waals surface area contributed by atoms with Crippen LogP contribution in [0.1, 0.15) is 38.9 Å². The minimum absolute atomic E-state index is 0.624. The zero-order valence-corrected chi connectivity index (χ0v) is 40.7. The van der Waals surface area contributed by atoms with Crippen LogP contribution >= 0.6 is 23.5 Å². The van der Waals surface area contributed by atoms with E-state index in [0.29, 0.717) is 0 Å². The van der Waals surface area contributed by atoms with E-state index in [9.17, 15) is 0 Å². The Balaban J connectivity index is 0.995. The van der Waals surface area contributed by atoms with Gasteiger partial charge in [-0.15, -0.1) is 0 Å². The van der Waals surface area contributed by atoms with E-state index in [1.165, 1.54) is 113 Å². The summed E-state index contributed by atoms with van der Waals surface area (Å²) in [7, 11) is 0. The largest absolute Gasteiger partial charge is 0.322 e. The summed E-state index contributed by atoms with van der Waals surface area (Å²) in [5, 5.41) is 4.96. The average molecular weight is 953 g/mol. The van der Waals surface area contributed by atoms with Gasteiger partial charge in [0.2, 0.25) is 0 Å². The lowest BCUT2D eigenvalue weighted by Gasteiger charge is -2.43. The molecule has 2 nitrogen and oxygen atoms in total. The van der Waals surface area contributed by atoms with Crippen molar-refractivity contribution in [2.45, 2.75) is 30.5 Å². The highest BCUT2D eigenvalue weighted by Crippen LogP contribution is 2.59. The SMILES string of the molecule is c1ccc(-n2c3ccccc3c3cc(C4(c5ccccc5)c5ccccc5Sc5c(-c6ccc7c(c6)c6ccccc6n7C6(c7ccccc7)c7ccccc7Sc7ccccc76)cccc54)ccc32)cc1. The van der Waals surface area contributed by atoms with E-state index >= 15 is 0 Å². The van der Waals surface area contributed by atoms with Crippen LogP contribution in [-0.2, 0) is 11.0 Å². The first-order valence-electron chi connectivity index (χ1n) is 24.7. The number of para-hydroxylation sites is 3. The Morgan fingerprint density at radius 2 is 0.806 bits per heavy atom. The van der Waals surface area contributed by atoms with Crippen LogP contribution in [0.25, 0.3) is 60.4 Å². The van der Waals surface area contributed by atoms with Gasteiger partial charge in [0.25, 0.3) is 0 Å². The zero-order chi connectivity index (χ0) is 47.4. The smallest absolute Gasteiger partial charge is 0.123 e. The van der Waals surface area contributed by atoms with Gasteiger partial charge in [0.15, 0.2) is 0 Å². The molecular weight excluding hydrogens is 909 g/mol. The molecule has 1 unspecified atom stereocenters. The maximum Gasteiger partial charge on any atom is 0.123 e. The van der Waals surface area contributed by atoms with Crippen LogP contribution < -0.4 is 0 Å². The third-order valence-corrected chi connectivity index (χ3v) is 17.9. The molecule has 13 aromatic rings. The number of benzene rings is 11. The molecule has 2 aromatic heterocycles. The number of rotatable bonds is 6. The highest BCUT2D eigenvalue weighted by Gasteiger charge is 2.47. The first kappa shape index (κ1) is 41.5. The van der Waals surface area contributed by atoms with Gasteiger partial charge < -0.3 is 9.13 Å². The number of nitrogens with zero attached hydrogens (tertiary/aromatic N) is 2. The summed E-state index contributed by atoms with van der Waals surface area (Å²) >= 11 is 3.79. The number of fused-ring (bicyclic) bond motifs is 10. The van der Waals surface area contributed by atoms with E-state index in [1.54, 1.807) is 0 Å². The number of hydrogen-bond donors (Lipinski definition) is 0. The summed E-state index contributed by atoms with van der Waals surface area (Å²) in [5.41, 5.74) is 16.0. The van der Waals surface area contributed by atoms with Crippen molar-refractivity contribution in [3.63, 3.8) is 0 Å². The molecule has 0 saturated heterocycles. The average Bonchev–Trinajstić information content (AvgIpc) is 3.97. The fourth-order valence-electron chi connectivity index (χ4n) is 12.7. The molecule has 0 fully saturated rings. The van der Waals surface area contributed by atoms with E-state index in [-0.39, 0.29) is 0 Å². The van der Waals surface area contributed by atoms with Gasteiger partial charge >= 0.3 is 0 Å². The van der Waals surface area contributed by atoms with Gasteiger partial charge in [-0.25, -0.2) is 0 Å². The standard InChI is InChI=1S/C68H44N2S2/c1-4-21-46(22-5-1)67(48-40-42-60-54(44-48)51-27-10-15-34-59(51)69(60)49-25-8-3-9-26-49)55-30-12-17-36-63(55)72-66-50(29-20-33-58(66)67)45-39-41-62-53(43-45)52-28-11-16-35-61(52)70(62)68(47-23-6-2-7-24-47)56-31-13-18-37-64(56)71-65-38-19-14-32-57(65)68/h1-44H. The lowest BCUT2D eigenvalue weighted by Crippen LogP contribution is -2.40. The Labute approximate surface area is 426 Å². The van der Waals surface area contributed by atoms with Gasteiger partial charge in [0, 0.05) is 57.9 Å². The maximum atomic E-state index is 2.66. The Morgan fingerprint density at radius 3 is 1.51 bits per heavy atom. The Morgan fingerprint density at radius 1 is 0.306 bits per heavy atom. The molecule has 1 atom stereocenters. The molecule has 0 amide bonds. The van der Waals surface area contributed by atoms with E-state index in [2.05, 4.69) is 276 Å². The van der Waals surface area contributed by atoms with E-state index in [0.717, 1.165) is 5.69 Å². The van der Waals surface area contributed by atoms with Crippen molar-refractivity contribution in [2.24, 2.45) is 0 Å². The zero-order valence-electron chi connectivity index (χ0n) is 39.1. The summed E-state index contributed by atoms with van der Waals surface area (Å²) in [6.45, 7) is 0. The summed E-state index contributed by atoms with van der Waals surface area (Å²) < 4.78 is 5.07. The predicted octanol–water partition coefficient (Wildman–Crippen LogP) is 17.7. The topological polar surface area (TPSA) is 9.86 Å². The highest BCUT2D eigenvalue weighted by atomic mass is 32.2. The quantitative estimate of drug-likeness (QED) is 0.164. The molecule has 0 aliphatic carbocycles. The van der Waals surface area contributed by atoms with Gasteiger partial charge in [0.05, 0.1) is 27.5 Å². The van der Waals surface area contributed by atoms with Crippen molar-refractivity contribution in [1.29, 1.82) is 0 Å². The summed E-state index contributed by atoms with van der Waals surface area (Å²) in [5.74, 6) is 0. The van der Waals surface area contributed by atoms with Gasteiger partial charge in [-0.1, -0.05) is 224 Å². The second-order valence-electron chi connectivity index (χ2n) is 19.1. The second kappa shape index (κ2) is 16.1. The van der Waals surface area contributed by atoms with Crippen LogP contribution in [0.5, 0.6) is 0 Å². The fourth-order valence-corrected chi connectivity index (χ4v) is 15.2. The molecule has 2 aliphatic rings. The number of hydrogen-bond acceptors (Lipinski definition) is 2. The first-order chi connectivity index (χ1) is 35.7. The second-order valence-corrected chi connectivity index (χ2v) is 21.2. The van der Waals surface area contributed by atoms with Crippen molar-refractivity contribution in [2.75, 3.05) is 0 Å². The lowest BCUT2D eigenvalue weighted by molar-refractivity contribution is 0.525. The molecule has 15 rings (SSSR count). The van der Waals surface area contributed by atoms with E-state index < -0.39 is 11.0 Å². The highest BCUT2D eigenvalue weighted by molar-refractivity contribution is 7.99. The predicted molar refractivity (Wildman–Crippen MR) is 300 cm³/mol. The molecule has 0 bridgehead atoms. The van der Waals surface area contributed by atoms with Crippen molar-refractivity contribution < 1.29 is 0 Å². The van der Waals surface area contributed by atoms with Crippen molar-refractivity contribution in [3.8, 4) is 16.8 Å². The Bertz CT molecular complexity index is 4240. The molecule has 0 radical (unpaired) electrons. The Hall–Kier alpha value is -8.28. The van der Waals surface area contributed by atoms with Crippen LogP contribution in [-0.4, -0.2) is 9.13 Å². The number of aromatic nitrogens is 2. The van der Waals surface area contributed by atoms with Gasteiger partial charge in [-0.2, -0.15) is 0 Å².